The summed E-state index contributed by atoms with van der Waals surface area (Å²) in [6.07, 6.45) is 2.26. The summed E-state index contributed by atoms with van der Waals surface area (Å²) in [4.78, 5) is 2.17. The monoisotopic (exact) mass is 206 g/mol. The zero-order chi connectivity index (χ0) is 10.9. The van der Waals surface area contributed by atoms with Gasteiger partial charge in [-0.05, 0) is 25.0 Å². The Hall–Kier alpha value is -1.22. The topological polar surface area (TPSA) is 38.5 Å². The van der Waals surface area contributed by atoms with Crippen LogP contribution in [0.4, 0.5) is 5.69 Å². The van der Waals surface area contributed by atoms with Crippen LogP contribution < -0.4 is 15.4 Å². The Morgan fingerprint density at radius 3 is 2.67 bits per heavy atom. The smallest absolute Gasteiger partial charge is 0.142 e. The van der Waals surface area contributed by atoms with E-state index in [1.807, 2.05) is 18.2 Å². The molecular formula is C12H18N2O. The molecule has 0 spiro atoms. The Bertz CT molecular complexity index is 347. The fraction of sp³-hybridized carbons (Fsp3) is 0.500. The fourth-order valence-corrected chi connectivity index (χ4v) is 1.82. The van der Waals surface area contributed by atoms with Crippen LogP contribution in [0.1, 0.15) is 12.8 Å². The molecule has 3 nitrogen and oxygen atoms in total. The molecule has 0 aliphatic heterocycles. The molecule has 0 aromatic heterocycles. The summed E-state index contributed by atoms with van der Waals surface area (Å²) in [7, 11) is 3.76. The number of likely N-dealkylation sites (N-methyl/N-ethyl adjacent to an activating group) is 1. The van der Waals surface area contributed by atoms with E-state index in [4.69, 9.17) is 10.5 Å². The third kappa shape index (κ3) is 2.23. The summed E-state index contributed by atoms with van der Waals surface area (Å²) in [6.45, 7) is 0.896. The molecule has 0 atom stereocenters. The number of anilines is 1. The first kappa shape index (κ1) is 10.3. The Morgan fingerprint density at radius 2 is 2.07 bits per heavy atom. The van der Waals surface area contributed by atoms with E-state index in [9.17, 15) is 0 Å². The third-order valence-electron chi connectivity index (χ3n) is 2.94. The first-order valence-electron chi connectivity index (χ1n) is 5.28. The van der Waals surface area contributed by atoms with Gasteiger partial charge in [0.05, 0.1) is 12.8 Å². The van der Waals surface area contributed by atoms with Crippen LogP contribution in [-0.2, 0) is 0 Å². The van der Waals surface area contributed by atoms with E-state index >= 15 is 0 Å². The Morgan fingerprint density at radius 1 is 1.40 bits per heavy atom. The summed E-state index contributed by atoms with van der Waals surface area (Å²) in [5.74, 6) is 0.907. The van der Waals surface area contributed by atoms with Gasteiger partial charge < -0.3 is 15.4 Å². The second-order valence-corrected chi connectivity index (χ2v) is 4.39. The lowest BCUT2D eigenvalue weighted by Gasteiger charge is -2.24. The molecule has 2 N–H and O–H groups in total. The summed E-state index contributed by atoms with van der Waals surface area (Å²) in [5, 5.41) is 0. The van der Waals surface area contributed by atoms with Crippen LogP contribution >= 0.6 is 0 Å². The summed E-state index contributed by atoms with van der Waals surface area (Å²) in [6, 6.07) is 8.03. The first-order chi connectivity index (χ1) is 7.14. The van der Waals surface area contributed by atoms with E-state index in [-0.39, 0.29) is 5.54 Å². The summed E-state index contributed by atoms with van der Waals surface area (Å²) in [5.41, 5.74) is 7.24. The highest BCUT2D eigenvalue weighted by molar-refractivity contribution is 5.58. The van der Waals surface area contributed by atoms with E-state index in [0.717, 1.165) is 30.8 Å². The molecule has 1 aromatic rings. The number of methoxy groups -OCH3 is 1. The van der Waals surface area contributed by atoms with Crippen LogP contribution in [0.5, 0.6) is 5.75 Å². The van der Waals surface area contributed by atoms with Gasteiger partial charge >= 0.3 is 0 Å². The number of para-hydroxylation sites is 2. The van der Waals surface area contributed by atoms with Crippen molar-refractivity contribution in [3.63, 3.8) is 0 Å². The molecule has 1 aliphatic carbocycles. The molecule has 0 amide bonds. The summed E-state index contributed by atoms with van der Waals surface area (Å²) < 4.78 is 5.32. The van der Waals surface area contributed by atoms with Crippen LogP contribution in [0.25, 0.3) is 0 Å². The maximum absolute atomic E-state index is 6.09. The highest BCUT2D eigenvalue weighted by Crippen LogP contribution is 2.35. The van der Waals surface area contributed by atoms with E-state index < -0.39 is 0 Å². The summed E-state index contributed by atoms with van der Waals surface area (Å²) >= 11 is 0. The molecule has 0 saturated heterocycles. The van der Waals surface area contributed by atoms with Gasteiger partial charge in [-0.2, -0.15) is 0 Å². The van der Waals surface area contributed by atoms with Gasteiger partial charge in [-0.25, -0.2) is 0 Å². The van der Waals surface area contributed by atoms with Crippen molar-refractivity contribution in [1.82, 2.24) is 0 Å². The van der Waals surface area contributed by atoms with Gasteiger partial charge in [-0.15, -0.1) is 0 Å². The molecule has 3 heteroatoms. The Labute approximate surface area is 90.8 Å². The van der Waals surface area contributed by atoms with Gasteiger partial charge in [0.25, 0.3) is 0 Å². The number of nitrogens with two attached hydrogens (primary N) is 1. The number of hydrogen-bond acceptors (Lipinski definition) is 3. The molecule has 1 saturated carbocycles. The van der Waals surface area contributed by atoms with E-state index in [2.05, 4.69) is 18.0 Å². The molecule has 0 unspecified atom stereocenters. The van der Waals surface area contributed by atoms with Gasteiger partial charge in [-0.1, -0.05) is 12.1 Å². The highest BCUT2D eigenvalue weighted by atomic mass is 16.5. The van der Waals surface area contributed by atoms with Crippen molar-refractivity contribution in [2.45, 2.75) is 18.4 Å². The lowest BCUT2D eigenvalue weighted by Crippen LogP contribution is -2.37. The second kappa shape index (κ2) is 3.74. The van der Waals surface area contributed by atoms with Gasteiger partial charge in [-0.3, -0.25) is 0 Å². The molecule has 1 aromatic carbocycles. The lowest BCUT2D eigenvalue weighted by molar-refractivity contribution is 0.414. The lowest BCUT2D eigenvalue weighted by atomic mass is 10.2. The number of rotatable bonds is 4. The van der Waals surface area contributed by atoms with E-state index in [1.54, 1.807) is 7.11 Å². The number of benzene rings is 1. The van der Waals surface area contributed by atoms with Crippen LogP contribution in [-0.4, -0.2) is 26.2 Å². The maximum Gasteiger partial charge on any atom is 0.142 e. The van der Waals surface area contributed by atoms with Gasteiger partial charge in [0.1, 0.15) is 5.75 Å². The van der Waals surface area contributed by atoms with E-state index in [0.29, 0.717) is 0 Å². The van der Waals surface area contributed by atoms with Gasteiger partial charge in [0.2, 0.25) is 0 Å². The van der Waals surface area contributed by atoms with Crippen LogP contribution in [0.2, 0.25) is 0 Å². The molecule has 82 valence electrons. The van der Waals surface area contributed by atoms with Crippen molar-refractivity contribution >= 4 is 5.69 Å². The maximum atomic E-state index is 6.09. The zero-order valence-electron chi connectivity index (χ0n) is 9.36. The molecule has 15 heavy (non-hydrogen) atoms. The third-order valence-corrected chi connectivity index (χ3v) is 2.94. The highest BCUT2D eigenvalue weighted by Gasteiger charge is 2.39. The quantitative estimate of drug-likeness (QED) is 0.813. The standard InChI is InChI=1S/C12H18N2O/c1-14(9-12(13)7-8-12)10-5-3-4-6-11(10)15-2/h3-6H,7-9,13H2,1-2H3. The van der Waals surface area contributed by atoms with Crippen molar-refractivity contribution in [2.75, 3.05) is 25.6 Å². The Balaban J connectivity index is 2.13. The number of hydrogen-bond donors (Lipinski definition) is 1. The average molecular weight is 206 g/mol. The average Bonchev–Trinajstić information content (AvgIpc) is 2.96. The van der Waals surface area contributed by atoms with Crippen molar-refractivity contribution in [3.8, 4) is 5.75 Å². The largest absolute Gasteiger partial charge is 0.495 e. The first-order valence-corrected chi connectivity index (χ1v) is 5.28. The minimum atomic E-state index is 0.0373. The van der Waals surface area contributed by atoms with Crippen molar-refractivity contribution in [3.05, 3.63) is 24.3 Å². The SMILES string of the molecule is COc1ccccc1N(C)CC1(N)CC1. The predicted molar refractivity (Wildman–Crippen MR) is 62.4 cm³/mol. The molecule has 0 radical (unpaired) electrons. The second-order valence-electron chi connectivity index (χ2n) is 4.39. The molecular weight excluding hydrogens is 188 g/mol. The number of ether oxygens (including phenoxy) is 1. The minimum absolute atomic E-state index is 0.0373. The molecule has 1 fully saturated rings. The number of nitrogens with zero attached hydrogens (tertiary/aromatic N) is 1. The molecule has 2 rings (SSSR count). The van der Waals surface area contributed by atoms with Crippen LogP contribution in [0.3, 0.4) is 0 Å². The molecule has 0 bridgehead atoms. The van der Waals surface area contributed by atoms with E-state index in [1.165, 1.54) is 0 Å². The van der Waals surface area contributed by atoms with Gasteiger partial charge in [0, 0.05) is 19.1 Å². The Kier molecular flexibility index (Phi) is 2.57. The fourth-order valence-electron chi connectivity index (χ4n) is 1.82. The normalized spacial score (nSPS) is 17.3. The van der Waals surface area contributed by atoms with Gasteiger partial charge in [0.15, 0.2) is 0 Å². The zero-order valence-corrected chi connectivity index (χ0v) is 9.36. The van der Waals surface area contributed by atoms with Crippen LogP contribution in [0.15, 0.2) is 24.3 Å². The molecule has 0 heterocycles. The predicted octanol–water partition coefficient (Wildman–Crippen LogP) is 1.62. The van der Waals surface area contributed by atoms with Crippen LogP contribution in [0, 0.1) is 0 Å². The van der Waals surface area contributed by atoms with Crippen molar-refractivity contribution in [1.29, 1.82) is 0 Å². The molecule has 1 aliphatic rings. The van der Waals surface area contributed by atoms with Crippen molar-refractivity contribution < 1.29 is 4.74 Å². The van der Waals surface area contributed by atoms with Crippen molar-refractivity contribution in [2.24, 2.45) is 5.73 Å². The minimum Gasteiger partial charge on any atom is -0.495 e.